The Bertz CT molecular complexity index is 479. The van der Waals surface area contributed by atoms with Crippen molar-refractivity contribution in [2.24, 2.45) is 11.8 Å². The number of ether oxygens (including phenoxy) is 3. The van der Waals surface area contributed by atoms with Gasteiger partial charge in [0.15, 0.2) is 0 Å². The lowest BCUT2D eigenvalue weighted by Crippen LogP contribution is -2.33. The van der Waals surface area contributed by atoms with Crippen molar-refractivity contribution < 1.29 is 33.7 Å². The van der Waals surface area contributed by atoms with Crippen LogP contribution in [0.1, 0.15) is 97.8 Å². The van der Waals surface area contributed by atoms with Crippen LogP contribution in [0.25, 0.3) is 0 Å². The predicted octanol–water partition coefficient (Wildman–Crippen LogP) is 4.58. The molecule has 0 saturated heterocycles. The molecule has 7 heteroatoms. The van der Waals surface area contributed by atoms with Crippen molar-refractivity contribution in [2.45, 2.75) is 97.8 Å². The van der Waals surface area contributed by atoms with Crippen molar-refractivity contribution >= 4 is 17.9 Å². The van der Waals surface area contributed by atoms with Crippen molar-refractivity contribution in [3.05, 3.63) is 0 Å². The van der Waals surface area contributed by atoms with Crippen LogP contribution in [-0.2, 0) is 28.6 Å². The summed E-state index contributed by atoms with van der Waals surface area (Å²) in [5.74, 6) is -3.39. The Morgan fingerprint density at radius 3 is 1.68 bits per heavy atom. The summed E-state index contributed by atoms with van der Waals surface area (Å²) in [4.78, 5) is 37.2. The molecule has 0 aromatic carbocycles. The second-order valence-electron chi connectivity index (χ2n) is 8.06. The number of hydrogen-bond acceptors (Lipinski definition) is 7. The van der Waals surface area contributed by atoms with Crippen LogP contribution in [0.3, 0.4) is 0 Å². The van der Waals surface area contributed by atoms with E-state index in [1.54, 1.807) is 6.92 Å². The summed E-state index contributed by atoms with van der Waals surface area (Å²) in [7, 11) is 0. The molecule has 0 heterocycles. The molecule has 0 fully saturated rings. The average molecular weight is 445 g/mol. The molecule has 0 spiro atoms. The normalized spacial score (nSPS) is 12.8. The molecular formula is C24H44O7. The molecule has 182 valence electrons. The zero-order valence-corrected chi connectivity index (χ0v) is 19.9. The Hall–Kier alpha value is -1.63. The van der Waals surface area contributed by atoms with Gasteiger partial charge in [-0.25, -0.2) is 0 Å². The van der Waals surface area contributed by atoms with E-state index in [2.05, 4.69) is 13.8 Å². The fourth-order valence-corrected chi connectivity index (χ4v) is 3.11. The molecule has 0 bridgehead atoms. The number of aliphatic hydroxyl groups excluding tert-OH is 1. The van der Waals surface area contributed by atoms with Crippen LogP contribution in [0.2, 0.25) is 0 Å². The Balaban J connectivity index is 4.65. The van der Waals surface area contributed by atoms with Gasteiger partial charge in [-0.3, -0.25) is 14.4 Å². The molecule has 2 atom stereocenters. The van der Waals surface area contributed by atoms with E-state index >= 15 is 0 Å². The molecule has 0 aromatic rings. The second kappa shape index (κ2) is 20.3. The van der Waals surface area contributed by atoms with Gasteiger partial charge in [-0.1, -0.05) is 72.1 Å². The van der Waals surface area contributed by atoms with Crippen LogP contribution in [0, 0.1) is 11.8 Å². The van der Waals surface area contributed by atoms with E-state index in [9.17, 15) is 14.4 Å². The molecule has 0 radical (unpaired) electrons. The van der Waals surface area contributed by atoms with Crippen LogP contribution in [0.4, 0.5) is 0 Å². The summed E-state index contributed by atoms with van der Waals surface area (Å²) in [5.41, 5.74) is 0. The van der Waals surface area contributed by atoms with E-state index in [1.807, 2.05) is 0 Å². The standard InChI is InChI=1S/C24H44O7/c1-4-6-8-10-12-16-30-23(27)20(3)21(19-22(26)29-18-14-15-25)24(28)31-17-13-11-9-7-5-2/h20-21,25H,4-19H2,1-3H3. The molecule has 2 unspecified atom stereocenters. The Morgan fingerprint density at radius 2 is 1.16 bits per heavy atom. The topological polar surface area (TPSA) is 99.1 Å². The van der Waals surface area contributed by atoms with E-state index < -0.39 is 29.7 Å². The minimum atomic E-state index is -0.940. The Labute approximate surface area is 188 Å². The van der Waals surface area contributed by atoms with Gasteiger partial charge in [-0.05, 0) is 12.8 Å². The summed E-state index contributed by atoms with van der Waals surface area (Å²) in [6.45, 7) is 6.44. The van der Waals surface area contributed by atoms with Gasteiger partial charge < -0.3 is 19.3 Å². The maximum Gasteiger partial charge on any atom is 0.310 e. The largest absolute Gasteiger partial charge is 0.466 e. The fourth-order valence-electron chi connectivity index (χ4n) is 3.11. The minimum Gasteiger partial charge on any atom is -0.466 e. The predicted molar refractivity (Wildman–Crippen MR) is 119 cm³/mol. The number of unbranched alkanes of at least 4 members (excludes halogenated alkanes) is 8. The van der Waals surface area contributed by atoms with Crippen molar-refractivity contribution in [1.29, 1.82) is 0 Å². The lowest BCUT2D eigenvalue weighted by atomic mass is 9.91. The van der Waals surface area contributed by atoms with Crippen molar-refractivity contribution in [3.8, 4) is 0 Å². The molecule has 1 N–H and O–H groups in total. The van der Waals surface area contributed by atoms with Crippen LogP contribution < -0.4 is 0 Å². The van der Waals surface area contributed by atoms with Gasteiger partial charge in [0.1, 0.15) is 0 Å². The van der Waals surface area contributed by atoms with E-state index in [-0.39, 0.29) is 26.2 Å². The first kappa shape index (κ1) is 29.4. The van der Waals surface area contributed by atoms with Crippen LogP contribution in [0.15, 0.2) is 0 Å². The van der Waals surface area contributed by atoms with Gasteiger partial charge in [0, 0.05) is 13.0 Å². The first-order valence-corrected chi connectivity index (χ1v) is 12.1. The number of hydrogen-bond donors (Lipinski definition) is 1. The van der Waals surface area contributed by atoms with Gasteiger partial charge in [0.25, 0.3) is 0 Å². The van der Waals surface area contributed by atoms with Crippen molar-refractivity contribution in [2.75, 3.05) is 26.4 Å². The highest BCUT2D eigenvalue weighted by Crippen LogP contribution is 2.21. The molecule has 0 rings (SSSR count). The maximum absolute atomic E-state index is 12.6. The first-order valence-electron chi connectivity index (χ1n) is 12.1. The molecular weight excluding hydrogens is 400 g/mol. The van der Waals surface area contributed by atoms with Crippen LogP contribution in [-0.4, -0.2) is 49.4 Å². The SMILES string of the molecule is CCCCCCCOC(=O)C(C)C(CC(=O)OCCCO)C(=O)OCCCCCCC. The van der Waals surface area contributed by atoms with Crippen molar-refractivity contribution in [1.82, 2.24) is 0 Å². The Morgan fingerprint density at radius 1 is 0.677 bits per heavy atom. The molecule has 0 aliphatic rings. The monoisotopic (exact) mass is 444 g/mol. The molecule has 7 nitrogen and oxygen atoms in total. The van der Waals surface area contributed by atoms with Crippen LogP contribution in [0.5, 0.6) is 0 Å². The molecule has 0 aliphatic heterocycles. The average Bonchev–Trinajstić information content (AvgIpc) is 2.76. The number of carbonyl (C=O) groups excluding carboxylic acids is 3. The summed E-state index contributed by atoms with van der Waals surface area (Å²) in [5, 5.41) is 8.81. The summed E-state index contributed by atoms with van der Waals surface area (Å²) in [6, 6.07) is 0. The number of esters is 3. The number of carbonyl (C=O) groups is 3. The van der Waals surface area contributed by atoms with Gasteiger partial charge in [0.05, 0.1) is 38.1 Å². The van der Waals surface area contributed by atoms with E-state index in [0.717, 1.165) is 64.2 Å². The number of aliphatic hydroxyl groups is 1. The highest BCUT2D eigenvalue weighted by Gasteiger charge is 2.35. The first-order chi connectivity index (χ1) is 15.0. The smallest absolute Gasteiger partial charge is 0.310 e. The Kier molecular flexibility index (Phi) is 19.2. The van der Waals surface area contributed by atoms with Gasteiger partial charge in [0.2, 0.25) is 0 Å². The quantitative estimate of drug-likeness (QED) is 0.167. The third-order valence-corrected chi connectivity index (χ3v) is 5.21. The highest BCUT2D eigenvalue weighted by molar-refractivity contribution is 5.85. The zero-order valence-electron chi connectivity index (χ0n) is 19.9. The summed E-state index contributed by atoms with van der Waals surface area (Å²) >= 11 is 0. The van der Waals surface area contributed by atoms with E-state index in [1.165, 1.54) is 0 Å². The second-order valence-corrected chi connectivity index (χ2v) is 8.06. The molecule has 0 aliphatic carbocycles. The van der Waals surface area contributed by atoms with E-state index in [0.29, 0.717) is 13.0 Å². The highest BCUT2D eigenvalue weighted by atomic mass is 16.5. The fraction of sp³-hybridized carbons (Fsp3) is 0.875. The van der Waals surface area contributed by atoms with Gasteiger partial charge in [-0.2, -0.15) is 0 Å². The van der Waals surface area contributed by atoms with Gasteiger partial charge >= 0.3 is 17.9 Å². The van der Waals surface area contributed by atoms with E-state index in [4.69, 9.17) is 19.3 Å². The summed E-state index contributed by atoms with van der Waals surface area (Å²) < 4.78 is 15.7. The third-order valence-electron chi connectivity index (χ3n) is 5.21. The molecule has 0 aromatic heterocycles. The lowest BCUT2D eigenvalue weighted by molar-refractivity contribution is -0.164. The number of rotatable bonds is 20. The molecule has 31 heavy (non-hydrogen) atoms. The van der Waals surface area contributed by atoms with Crippen LogP contribution >= 0.6 is 0 Å². The zero-order chi connectivity index (χ0) is 23.3. The summed E-state index contributed by atoms with van der Waals surface area (Å²) in [6.07, 6.45) is 10.4. The lowest BCUT2D eigenvalue weighted by Gasteiger charge is -2.21. The minimum absolute atomic E-state index is 0.0745. The molecule has 0 amide bonds. The third kappa shape index (κ3) is 15.8. The maximum atomic E-state index is 12.6. The van der Waals surface area contributed by atoms with Gasteiger partial charge in [-0.15, -0.1) is 0 Å². The molecule has 0 saturated carbocycles. The van der Waals surface area contributed by atoms with Crippen molar-refractivity contribution in [3.63, 3.8) is 0 Å².